The number of pyridine rings is 1. The maximum Gasteiger partial charge on any atom is 0.344 e. The van der Waals surface area contributed by atoms with Crippen LogP contribution in [-0.2, 0) is 4.79 Å². The summed E-state index contributed by atoms with van der Waals surface area (Å²) in [6, 6.07) is 7.37. The summed E-state index contributed by atoms with van der Waals surface area (Å²) >= 11 is 2.19. The Morgan fingerprint density at radius 2 is 2.28 bits per heavy atom. The van der Waals surface area contributed by atoms with Gasteiger partial charge in [0.05, 0.1) is 5.52 Å². The third-order valence-corrected chi connectivity index (χ3v) is 3.13. The van der Waals surface area contributed by atoms with Gasteiger partial charge in [-0.1, -0.05) is 6.92 Å². The predicted molar refractivity (Wildman–Crippen MR) is 76.8 cm³/mol. The Balaban J connectivity index is 2.31. The van der Waals surface area contributed by atoms with Crippen molar-refractivity contribution in [3.05, 3.63) is 34.0 Å². The third kappa shape index (κ3) is 2.90. The zero-order chi connectivity index (χ0) is 13.1. The second-order valence-electron chi connectivity index (χ2n) is 3.86. The van der Waals surface area contributed by atoms with Crippen molar-refractivity contribution in [2.45, 2.75) is 19.4 Å². The average Bonchev–Trinajstić information content (AvgIpc) is 2.35. The van der Waals surface area contributed by atoms with Crippen molar-refractivity contribution in [3.8, 4) is 5.75 Å². The van der Waals surface area contributed by atoms with Crippen LogP contribution >= 0.6 is 22.6 Å². The summed E-state index contributed by atoms with van der Waals surface area (Å²) in [4.78, 5) is 15.2. The Bertz CT molecular complexity index is 585. The number of aromatic nitrogens is 1. The molecular formula is C13H12INO3. The standard InChI is InChI=1S/C13H12INO3/c1-2-12(13(16)17)18-10-3-4-11-8(6-10)5-9(14)7-15-11/h3-7,12H,2H2,1H3,(H,16,17). The molecular weight excluding hydrogens is 345 g/mol. The van der Waals surface area contributed by atoms with E-state index in [4.69, 9.17) is 9.84 Å². The topological polar surface area (TPSA) is 59.4 Å². The highest BCUT2D eigenvalue weighted by Crippen LogP contribution is 2.22. The average molecular weight is 357 g/mol. The van der Waals surface area contributed by atoms with Crippen LogP contribution in [0.25, 0.3) is 10.9 Å². The van der Waals surface area contributed by atoms with E-state index in [-0.39, 0.29) is 0 Å². The van der Waals surface area contributed by atoms with Gasteiger partial charge >= 0.3 is 5.97 Å². The van der Waals surface area contributed by atoms with Crippen molar-refractivity contribution >= 4 is 39.5 Å². The molecule has 1 aromatic heterocycles. The Labute approximate surface area is 118 Å². The summed E-state index contributed by atoms with van der Waals surface area (Å²) in [7, 11) is 0. The summed E-state index contributed by atoms with van der Waals surface area (Å²) in [6.07, 6.45) is 1.41. The van der Waals surface area contributed by atoms with E-state index in [1.807, 2.05) is 18.2 Å². The minimum atomic E-state index is -0.946. The molecule has 5 heteroatoms. The van der Waals surface area contributed by atoms with Gasteiger partial charge in [-0.2, -0.15) is 0 Å². The summed E-state index contributed by atoms with van der Waals surface area (Å²) in [5, 5.41) is 9.90. The van der Waals surface area contributed by atoms with Crippen molar-refractivity contribution < 1.29 is 14.6 Å². The van der Waals surface area contributed by atoms with Crippen molar-refractivity contribution in [3.63, 3.8) is 0 Å². The Hall–Kier alpha value is -1.37. The number of rotatable bonds is 4. The number of aliphatic carboxylic acids is 1. The molecule has 0 amide bonds. The molecule has 1 unspecified atom stereocenters. The van der Waals surface area contributed by atoms with Crippen LogP contribution in [0.1, 0.15) is 13.3 Å². The van der Waals surface area contributed by atoms with Gasteiger partial charge in [0.2, 0.25) is 0 Å². The first kappa shape index (κ1) is 13.1. The highest BCUT2D eigenvalue weighted by molar-refractivity contribution is 14.1. The van der Waals surface area contributed by atoms with E-state index in [2.05, 4.69) is 27.6 Å². The Morgan fingerprint density at radius 1 is 1.50 bits per heavy atom. The highest BCUT2D eigenvalue weighted by Gasteiger charge is 2.16. The van der Waals surface area contributed by atoms with Crippen molar-refractivity contribution in [2.75, 3.05) is 0 Å². The minimum Gasteiger partial charge on any atom is -0.479 e. The first-order valence-corrected chi connectivity index (χ1v) is 6.63. The lowest BCUT2D eigenvalue weighted by Gasteiger charge is -2.13. The summed E-state index contributed by atoms with van der Waals surface area (Å²) < 4.78 is 6.47. The number of carboxylic acids is 1. The van der Waals surface area contributed by atoms with Gasteiger partial charge in [0.1, 0.15) is 5.75 Å². The van der Waals surface area contributed by atoms with E-state index in [1.54, 1.807) is 19.2 Å². The molecule has 1 heterocycles. The maximum absolute atomic E-state index is 10.9. The van der Waals surface area contributed by atoms with E-state index >= 15 is 0 Å². The van der Waals surface area contributed by atoms with E-state index in [0.29, 0.717) is 12.2 Å². The van der Waals surface area contributed by atoms with Crippen LogP contribution in [0, 0.1) is 3.57 Å². The third-order valence-electron chi connectivity index (χ3n) is 2.54. The molecule has 0 radical (unpaired) electrons. The number of benzene rings is 1. The van der Waals surface area contributed by atoms with E-state index in [1.165, 1.54) is 0 Å². The lowest BCUT2D eigenvalue weighted by molar-refractivity contribution is -0.145. The maximum atomic E-state index is 10.9. The summed E-state index contributed by atoms with van der Waals surface area (Å²) in [6.45, 7) is 1.78. The fraction of sp³-hybridized carbons (Fsp3) is 0.231. The van der Waals surface area contributed by atoms with E-state index < -0.39 is 12.1 Å². The van der Waals surface area contributed by atoms with Crippen LogP contribution in [0.4, 0.5) is 0 Å². The fourth-order valence-corrected chi connectivity index (χ4v) is 2.10. The highest BCUT2D eigenvalue weighted by atomic mass is 127. The monoisotopic (exact) mass is 357 g/mol. The molecule has 0 saturated heterocycles. The molecule has 4 nitrogen and oxygen atoms in total. The van der Waals surface area contributed by atoms with Crippen molar-refractivity contribution in [2.24, 2.45) is 0 Å². The normalized spacial score (nSPS) is 12.3. The molecule has 0 aliphatic heterocycles. The van der Waals surface area contributed by atoms with Gasteiger partial charge in [0.15, 0.2) is 6.10 Å². The zero-order valence-electron chi connectivity index (χ0n) is 9.76. The van der Waals surface area contributed by atoms with Crippen LogP contribution in [0.3, 0.4) is 0 Å². The van der Waals surface area contributed by atoms with Crippen LogP contribution in [0.2, 0.25) is 0 Å². The van der Waals surface area contributed by atoms with Gasteiger partial charge in [-0.25, -0.2) is 4.79 Å². The molecule has 2 aromatic rings. The second-order valence-corrected chi connectivity index (χ2v) is 5.11. The van der Waals surface area contributed by atoms with Gasteiger partial charge in [0.25, 0.3) is 0 Å². The molecule has 18 heavy (non-hydrogen) atoms. The number of hydrogen-bond acceptors (Lipinski definition) is 3. The first-order chi connectivity index (χ1) is 8.60. The molecule has 2 rings (SSSR count). The first-order valence-electron chi connectivity index (χ1n) is 5.55. The van der Waals surface area contributed by atoms with Crippen LogP contribution < -0.4 is 4.74 Å². The Morgan fingerprint density at radius 3 is 2.94 bits per heavy atom. The predicted octanol–water partition coefficient (Wildman–Crippen LogP) is 3.08. The number of ether oxygens (including phenoxy) is 1. The van der Waals surface area contributed by atoms with Crippen LogP contribution in [0.15, 0.2) is 30.5 Å². The molecule has 0 fully saturated rings. The fourth-order valence-electron chi connectivity index (χ4n) is 1.63. The second kappa shape index (κ2) is 5.51. The van der Waals surface area contributed by atoms with Gasteiger partial charge in [-0.05, 0) is 53.3 Å². The minimum absolute atomic E-state index is 0.429. The molecule has 1 aromatic carbocycles. The molecule has 94 valence electrons. The summed E-state index contributed by atoms with van der Waals surface area (Å²) in [5.41, 5.74) is 0.867. The summed E-state index contributed by atoms with van der Waals surface area (Å²) in [5.74, 6) is -0.390. The smallest absolute Gasteiger partial charge is 0.344 e. The van der Waals surface area contributed by atoms with Crippen LogP contribution in [-0.4, -0.2) is 22.2 Å². The zero-order valence-corrected chi connectivity index (χ0v) is 11.9. The molecule has 0 aliphatic rings. The van der Waals surface area contributed by atoms with Gasteiger partial charge in [-0.3, -0.25) is 4.98 Å². The number of carboxylic acid groups (broad SMARTS) is 1. The lowest BCUT2D eigenvalue weighted by atomic mass is 10.2. The van der Waals surface area contributed by atoms with Crippen molar-refractivity contribution in [1.29, 1.82) is 0 Å². The number of fused-ring (bicyclic) bond motifs is 1. The number of carbonyl (C=O) groups is 1. The van der Waals surface area contributed by atoms with Crippen LogP contribution in [0.5, 0.6) is 5.75 Å². The number of hydrogen-bond donors (Lipinski definition) is 1. The largest absolute Gasteiger partial charge is 0.479 e. The van der Waals surface area contributed by atoms with Crippen molar-refractivity contribution in [1.82, 2.24) is 4.98 Å². The molecule has 0 saturated carbocycles. The number of nitrogens with zero attached hydrogens (tertiary/aromatic N) is 1. The quantitative estimate of drug-likeness (QED) is 0.855. The van der Waals surface area contributed by atoms with E-state index in [9.17, 15) is 4.79 Å². The molecule has 0 bridgehead atoms. The molecule has 0 spiro atoms. The van der Waals surface area contributed by atoms with Gasteiger partial charge in [-0.15, -0.1) is 0 Å². The number of halogens is 1. The SMILES string of the molecule is CCC(Oc1ccc2ncc(I)cc2c1)C(=O)O. The lowest BCUT2D eigenvalue weighted by Crippen LogP contribution is -2.25. The molecule has 1 N–H and O–H groups in total. The van der Waals surface area contributed by atoms with E-state index in [0.717, 1.165) is 14.5 Å². The molecule has 1 atom stereocenters. The molecule has 0 aliphatic carbocycles. The Kier molecular flexibility index (Phi) is 4.00. The van der Waals surface area contributed by atoms with Gasteiger partial charge in [0, 0.05) is 15.2 Å². The van der Waals surface area contributed by atoms with Gasteiger partial charge < -0.3 is 9.84 Å².